The monoisotopic (exact) mass is 380 g/mol. The molecule has 0 unspecified atom stereocenters. The lowest BCUT2D eigenvalue weighted by Crippen LogP contribution is -2.39. The Morgan fingerprint density at radius 3 is 2.68 bits per heavy atom. The molecule has 2 amide bonds. The molecular weight excluding hydrogens is 356 g/mol. The lowest BCUT2D eigenvalue weighted by Gasteiger charge is -2.30. The highest BCUT2D eigenvalue weighted by molar-refractivity contribution is 6.00. The number of hydrogen-bond donors (Lipinski definition) is 1. The molecule has 6 heteroatoms. The lowest BCUT2D eigenvalue weighted by molar-refractivity contribution is -0.121. The molecule has 3 rings (SSSR count). The quantitative estimate of drug-likeness (QED) is 0.746. The van der Waals surface area contributed by atoms with Gasteiger partial charge in [-0.3, -0.25) is 9.59 Å². The summed E-state index contributed by atoms with van der Waals surface area (Å²) in [5.74, 6) is 1.13. The number of anilines is 2. The first-order valence-electron chi connectivity index (χ1n) is 9.19. The van der Waals surface area contributed by atoms with Crippen LogP contribution in [0.4, 0.5) is 11.4 Å². The van der Waals surface area contributed by atoms with Crippen LogP contribution in [0.25, 0.3) is 0 Å². The van der Waals surface area contributed by atoms with E-state index in [2.05, 4.69) is 11.9 Å². The molecule has 1 heterocycles. The van der Waals surface area contributed by atoms with Gasteiger partial charge in [0.2, 0.25) is 5.91 Å². The number of nitrogens with one attached hydrogen (secondary N) is 1. The molecule has 0 radical (unpaired) electrons. The Bertz CT molecular complexity index is 890. The van der Waals surface area contributed by atoms with Crippen LogP contribution in [0.2, 0.25) is 0 Å². The predicted molar refractivity (Wildman–Crippen MR) is 109 cm³/mol. The molecule has 0 atom stereocenters. The van der Waals surface area contributed by atoms with Crippen molar-refractivity contribution in [3.8, 4) is 11.5 Å². The second-order valence-corrected chi connectivity index (χ2v) is 6.71. The van der Waals surface area contributed by atoms with Crippen molar-refractivity contribution in [1.82, 2.24) is 0 Å². The standard InChI is InChI=1S/C22H24N2O4/c1-4-27-18-8-5-16(6-9-18)11-21(25)23-17-7-10-20-19(12-17)24(13-15(2)3)22(26)14-28-20/h5-10,12H,2,4,11,13-14H2,1,3H3,(H,23,25). The third-order valence-electron chi connectivity index (χ3n) is 4.21. The van der Waals surface area contributed by atoms with Crippen LogP contribution in [0, 0.1) is 0 Å². The topological polar surface area (TPSA) is 67.9 Å². The van der Waals surface area contributed by atoms with Crippen LogP contribution < -0.4 is 19.7 Å². The highest BCUT2D eigenvalue weighted by atomic mass is 16.5. The van der Waals surface area contributed by atoms with Crippen LogP contribution in [0.5, 0.6) is 11.5 Å². The first-order valence-corrected chi connectivity index (χ1v) is 9.19. The van der Waals surface area contributed by atoms with Gasteiger partial charge < -0.3 is 19.7 Å². The van der Waals surface area contributed by atoms with E-state index in [0.29, 0.717) is 30.3 Å². The summed E-state index contributed by atoms with van der Waals surface area (Å²) in [6, 6.07) is 12.7. The maximum absolute atomic E-state index is 12.4. The van der Waals surface area contributed by atoms with Crippen molar-refractivity contribution < 1.29 is 19.1 Å². The summed E-state index contributed by atoms with van der Waals surface area (Å²) in [7, 11) is 0. The molecule has 0 bridgehead atoms. The van der Waals surface area contributed by atoms with E-state index in [0.717, 1.165) is 16.9 Å². The summed E-state index contributed by atoms with van der Waals surface area (Å²) in [6.45, 7) is 8.69. The van der Waals surface area contributed by atoms with Crippen molar-refractivity contribution in [2.24, 2.45) is 0 Å². The Morgan fingerprint density at radius 2 is 2.00 bits per heavy atom. The van der Waals surface area contributed by atoms with E-state index in [-0.39, 0.29) is 24.8 Å². The van der Waals surface area contributed by atoms with Gasteiger partial charge >= 0.3 is 0 Å². The maximum atomic E-state index is 12.4. The van der Waals surface area contributed by atoms with E-state index in [1.165, 1.54) is 0 Å². The molecule has 1 aliphatic heterocycles. The summed E-state index contributed by atoms with van der Waals surface area (Å²) in [6.07, 6.45) is 0.244. The fourth-order valence-corrected chi connectivity index (χ4v) is 2.98. The average Bonchev–Trinajstić information content (AvgIpc) is 2.66. The molecule has 0 spiro atoms. The zero-order valence-corrected chi connectivity index (χ0v) is 16.2. The van der Waals surface area contributed by atoms with Crippen LogP contribution >= 0.6 is 0 Å². The van der Waals surface area contributed by atoms with Gasteiger partial charge in [-0.25, -0.2) is 0 Å². The van der Waals surface area contributed by atoms with Crippen molar-refractivity contribution in [1.29, 1.82) is 0 Å². The molecular formula is C22H24N2O4. The summed E-state index contributed by atoms with van der Waals surface area (Å²) in [5.41, 5.74) is 3.00. The van der Waals surface area contributed by atoms with Crippen LogP contribution in [0.3, 0.4) is 0 Å². The number of carbonyl (C=O) groups excluding carboxylic acids is 2. The van der Waals surface area contributed by atoms with Crippen LogP contribution in [0.15, 0.2) is 54.6 Å². The van der Waals surface area contributed by atoms with Crippen LogP contribution in [-0.2, 0) is 16.0 Å². The van der Waals surface area contributed by atoms with Crippen molar-refractivity contribution >= 4 is 23.2 Å². The van der Waals surface area contributed by atoms with Gasteiger partial charge in [0.25, 0.3) is 5.91 Å². The third-order valence-corrected chi connectivity index (χ3v) is 4.21. The number of nitrogens with zero attached hydrogens (tertiary/aromatic N) is 1. The number of benzene rings is 2. The van der Waals surface area contributed by atoms with E-state index in [9.17, 15) is 9.59 Å². The number of rotatable bonds is 7. The van der Waals surface area contributed by atoms with Gasteiger partial charge in [-0.2, -0.15) is 0 Å². The fourth-order valence-electron chi connectivity index (χ4n) is 2.98. The second-order valence-electron chi connectivity index (χ2n) is 6.71. The van der Waals surface area contributed by atoms with Crippen LogP contribution in [0.1, 0.15) is 19.4 Å². The number of amides is 2. The minimum absolute atomic E-state index is 0.00370. The highest BCUT2D eigenvalue weighted by Gasteiger charge is 2.25. The SMILES string of the molecule is C=C(C)CN1C(=O)COc2ccc(NC(=O)Cc3ccc(OCC)cc3)cc21. The molecule has 1 N–H and O–H groups in total. The van der Waals surface area contributed by atoms with Crippen LogP contribution in [-0.4, -0.2) is 31.6 Å². The molecule has 6 nitrogen and oxygen atoms in total. The highest BCUT2D eigenvalue weighted by Crippen LogP contribution is 2.35. The zero-order chi connectivity index (χ0) is 20.1. The van der Waals surface area contributed by atoms with Gasteiger partial charge in [-0.1, -0.05) is 24.3 Å². The molecule has 0 aliphatic carbocycles. The molecule has 0 saturated heterocycles. The van der Waals surface area contributed by atoms with Gasteiger partial charge in [0, 0.05) is 12.2 Å². The Kier molecular flexibility index (Phi) is 5.99. The van der Waals surface area contributed by atoms with E-state index < -0.39 is 0 Å². The maximum Gasteiger partial charge on any atom is 0.265 e. The van der Waals surface area contributed by atoms with E-state index >= 15 is 0 Å². The fraction of sp³-hybridized carbons (Fsp3) is 0.273. The van der Waals surface area contributed by atoms with Crippen molar-refractivity contribution in [2.75, 3.05) is 30.0 Å². The Labute approximate surface area is 164 Å². The van der Waals surface area contributed by atoms with E-state index in [1.54, 1.807) is 23.1 Å². The van der Waals surface area contributed by atoms with Gasteiger partial charge in [0.05, 0.1) is 18.7 Å². The van der Waals surface area contributed by atoms with Crippen molar-refractivity contribution in [3.63, 3.8) is 0 Å². The number of ether oxygens (including phenoxy) is 2. The minimum atomic E-state index is -0.140. The summed E-state index contributed by atoms with van der Waals surface area (Å²) >= 11 is 0. The molecule has 146 valence electrons. The van der Waals surface area contributed by atoms with Gasteiger partial charge in [-0.15, -0.1) is 0 Å². The van der Waals surface area contributed by atoms with E-state index in [1.807, 2.05) is 38.1 Å². The molecule has 0 aromatic heterocycles. The summed E-state index contributed by atoms with van der Waals surface area (Å²) in [5, 5.41) is 2.88. The number of fused-ring (bicyclic) bond motifs is 1. The van der Waals surface area contributed by atoms with Gasteiger partial charge in [0.1, 0.15) is 11.5 Å². The molecule has 28 heavy (non-hydrogen) atoms. The largest absolute Gasteiger partial charge is 0.494 e. The van der Waals surface area contributed by atoms with Crippen molar-refractivity contribution in [3.05, 3.63) is 60.2 Å². The first-order chi connectivity index (χ1) is 13.5. The second kappa shape index (κ2) is 8.61. The summed E-state index contributed by atoms with van der Waals surface area (Å²) < 4.78 is 10.9. The zero-order valence-electron chi connectivity index (χ0n) is 16.2. The van der Waals surface area contributed by atoms with Crippen molar-refractivity contribution in [2.45, 2.75) is 20.3 Å². The lowest BCUT2D eigenvalue weighted by atomic mass is 10.1. The predicted octanol–water partition coefficient (Wildman–Crippen LogP) is 3.57. The minimum Gasteiger partial charge on any atom is -0.494 e. The average molecular weight is 380 g/mol. The van der Waals surface area contributed by atoms with Gasteiger partial charge in [0.15, 0.2) is 6.61 Å². The Hall–Kier alpha value is -3.28. The molecule has 0 fully saturated rings. The number of hydrogen-bond acceptors (Lipinski definition) is 4. The molecule has 2 aromatic rings. The molecule has 0 saturated carbocycles. The normalized spacial score (nSPS) is 12.8. The van der Waals surface area contributed by atoms with Gasteiger partial charge in [-0.05, 0) is 49.7 Å². The Morgan fingerprint density at radius 1 is 1.25 bits per heavy atom. The molecule has 1 aliphatic rings. The van der Waals surface area contributed by atoms with E-state index in [4.69, 9.17) is 9.47 Å². The Balaban J connectivity index is 1.70. The number of carbonyl (C=O) groups is 2. The smallest absolute Gasteiger partial charge is 0.265 e. The third kappa shape index (κ3) is 4.71. The molecule has 2 aromatic carbocycles. The first kappa shape index (κ1) is 19.5. The summed E-state index contributed by atoms with van der Waals surface area (Å²) in [4.78, 5) is 26.2.